The Labute approximate surface area is 99.4 Å². The topological polar surface area (TPSA) is 31.4 Å². The summed E-state index contributed by atoms with van der Waals surface area (Å²) in [5, 5.41) is 3.07. The standard InChI is InChI=1S/C10H16ClNO2S/c1-2-13-5-6-14-4-3-10-12-9(7-11)8-15-10/h8H,2-7H2,1H3. The van der Waals surface area contributed by atoms with Gasteiger partial charge >= 0.3 is 0 Å². The minimum Gasteiger partial charge on any atom is -0.379 e. The van der Waals surface area contributed by atoms with Gasteiger partial charge in [-0.25, -0.2) is 4.98 Å². The predicted octanol–water partition coefficient (Wildman–Crippen LogP) is 2.48. The molecule has 0 fully saturated rings. The van der Waals surface area contributed by atoms with Crippen molar-refractivity contribution in [2.24, 2.45) is 0 Å². The maximum Gasteiger partial charge on any atom is 0.0951 e. The third-order valence-electron chi connectivity index (χ3n) is 1.77. The van der Waals surface area contributed by atoms with Crippen LogP contribution in [-0.2, 0) is 21.8 Å². The number of thiazole rings is 1. The van der Waals surface area contributed by atoms with Gasteiger partial charge < -0.3 is 9.47 Å². The summed E-state index contributed by atoms with van der Waals surface area (Å²) in [6.07, 6.45) is 0.855. The van der Waals surface area contributed by atoms with E-state index in [1.165, 1.54) is 0 Å². The highest BCUT2D eigenvalue weighted by molar-refractivity contribution is 7.09. The summed E-state index contributed by atoms with van der Waals surface area (Å²) in [7, 11) is 0. The van der Waals surface area contributed by atoms with E-state index in [2.05, 4.69) is 4.98 Å². The molecule has 0 spiro atoms. The van der Waals surface area contributed by atoms with Crippen molar-refractivity contribution >= 4 is 22.9 Å². The Morgan fingerprint density at radius 3 is 2.80 bits per heavy atom. The maximum atomic E-state index is 5.66. The molecule has 5 heteroatoms. The minimum absolute atomic E-state index is 0.488. The Morgan fingerprint density at radius 1 is 1.33 bits per heavy atom. The van der Waals surface area contributed by atoms with Gasteiger partial charge in [0.15, 0.2) is 0 Å². The van der Waals surface area contributed by atoms with Gasteiger partial charge in [0.1, 0.15) is 0 Å². The first-order valence-electron chi connectivity index (χ1n) is 5.01. The molecular formula is C10H16ClNO2S. The van der Waals surface area contributed by atoms with Crippen molar-refractivity contribution < 1.29 is 9.47 Å². The highest BCUT2D eigenvalue weighted by Gasteiger charge is 2.00. The Kier molecular flexibility index (Phi) is 6.92. The molecule has 3 nitrogen and oxygen atoms in total. The second kappa shape index (κ2) is 8.05. The quantitative estimate of drug-likeness (QED) is 0.524. The summed E-state index contributed by atoms with van der Waals surface area (Å²) in [5.74, 6) is 0.488. The third kappa shape index (κ3) is 5.47. The smallest absolute Gasteiger partial charge is 0.0951 e. The van der Waals surface area contributed by atoms with Gasteiger partial charge in [0.2, 0.25) is 0 Å². The SMILES string of the molecule is CCOCCOCCc1nc(CCl)cs1. The fourth-order valence-corrected chi connectivity index (χ4v) is 2.06. The van der Waals surface area contributed by atoms with E-state index in [0.717, 1.165) is 23.7 Å². The lowest BCUT2D eigenvalue weighted by atomic mass is 10.5. The monoisotopic (exact) mass is 249 g/mol. The summed E-state index contributed by atoms with van der Waals surface area (Å²) in [5.41, 5.74) is 0.950. The number of ether oxygens (including phenoxy) is 2. The Balaban J connectivity index is 2.04. The lowest BCUT2D eigenvalue weighted by molar-refractivity contribution is 0.0541. The van der Waals surface area contributed by atoms with Crippen molar-refractivity contribution in [2.45, 2.75) is 19.2 Å². The fraction of sp³-hybridized carbons (Fsp3) is 0.700. The average Bonchev–Trinajstić information content (AvgIpc) is 2.71. The lowest BCUT2D eigenvalue weighted by Gasteiger charge is -2.02. The largest absolute Gasteiger partial charge is 0.379 e. The molecule has 0 aliphatic rings. The van der Waals surface area contributed by atoms with Crippen molar-refractivity contribution in [1.82, 2.24) is 4.98 Å². The van der Waals surface area contributed by atoms with Crippen LogP contribution in [0.5, 0.6) is 0 Å². The maximum absolute atomic E-state index is 5.66. The molecule has 0 N–H and O–H groups in total. The molecule has 1 aromatic heterocycles. The van der Waals surface area contributed by atoms with E-state index in [-0.39, 0.29) is 0 Å². The molecule has 0 bridgehead atoms. The van der Waals surface area contributed by atoms with Crippen LogP contribution in [-0.4, -0.2) is 31.4 Å². The van der Waals surface area contributed by atoms with Crippen LogP contribution in [0.15, 0.2) is 5.38 Å². The average molecular weight is 250 g/mol. The molecule has 0 unspecified atom stereocenters. The molecule has 86 valence electrons. The molecular weight excluding hydrogens is 234 g/mol. The van der Waals surface area contributed by atoms with Gasteiger partial charge in [0.05, 0.1) is 36.4 Å². The molecule has 1 rings (SSSR count). The highest BCUT2D eigenvalue weighted by Crippen LogP contribution is 2.11. The highest BCUT2D eigenvalue weighted by atomic mass is 35.5. The zero-order chi connectivity index (χ0) is 10.9. The number of alkyl halides is 1. The molecule has 0 aliphatic heterocycles. The van der Waals surface area contributed by atoms with Crippen molar-refractivity contribution in [3.05, 3.63) is 16.1 Å². The molecule has 1 aromatic rings. The van der Waals surface area contributed by atoms with Gasteiger partial charge in [-0.05, 0) is 6.92 Å². The van der Waals surface area contributed by atoms with E-state index in [0.29, 0.717) is 25.7 Å². The number of halogens is 1. The van der Waals surface area contributed by atoms with Crippen LogP contribution in [0.3, 0.4) is 0 Å². The molecule has 0 radical (unpaired) electrons. The minimum atomic E-state index is 0.488. The molecule has 15 heavy (non-hydrogen) atoms. The number of hydrogen-bond donors (Lipinski definition) is 0. The summed E-state index contributed by atoms with van der Waals surface area (Å²) in [6, 6.07) is 0. The van der Waals surface area contributed by atoms with E-state index >= 15 is 0 Å². The Morgan fingerprint density at radius 2 is 2.13 bits per heavy atom. The first-order valence-corrected chi connectivity index (χ1v) is 6.43. The summed E-state index contributed by atoms with van der Waals surface area (Å²) in [6.45, 7) is 4.74. The van der Waals surface area contributed by atoms with Crippen LogP contribution in [0.4, 0.5) is 0 Å². The van der Waals surface area contributed by atoms with E-state index in [1.54, 1.807) is 11.3 Å². The second-order valence-corrected chi connectivity index (χ2v) is 4.14. The summed E-state index contributed by atoms with van der Waals surface area (Å²) in [4.78, 5) is 4.34. The number of aromatic nitrogens is 1. The number of hydrogen-bond acceptors (Lipinski definition) is 4. The van der Waals surface area contributed by atoms with Gasteiger partial charge in [-0.1, -0.05) is 0 Å². The van der Waals surface area contributed by atoms with Crippen LogP contribution in [0, 0.1) is 0 Å². The molecule has 0 amide bonds. The zero-order valence-corrected chi connectivity index (χ0v) is 10.4. The van der Waals surface area contributed by atoms with Gasteiger partial charge in [0.25, 0.3) is 0 Å². The van der Waals surface area contributed by atoms with Crippen molar-refractivity contribution in [1.29, 1.82) is 0 Å². The van der Waals surface area contributed by atoms with Gasteiger partial charge in [-0.3, -0.25) is 0 Å². The van der Waals surface area contributed by atoms with Crippen molar-refractivity contribution in [2.75, 3.05) is 26.4 Å². The predicted molar refractivity (Wildman–Crippen MR) is 62.7 cm³/mol. The van der Waals surface area contributed by atoms with Crippen LogP contribution in [0.1, 0.15) is 17.6 Å². The van der Waals surface area contributed by atoms with E-state index in [4.69, 9.17) is 21.1 Å². The molecule has 0 saturated heterocycles. The van der Waals surface area contributed by atoms with Gasteiger partial charge in [-0.15, -0.1) is 22.9 Å². The number of nitrogens with zero attached hydrogens (tertiary/aromatic N) is 1. The van der Waals surface area contributed by atoms with E-state index in [1.807, 2.05) is 12.3 Å². The van der Waals surface area contributed by atoms with E-state index < -0.39 is 0 Å². The molecule has 0 atom stereocenters. The molecule has 0 saturated carbocycles. The Bertz CT molecular complexity index is 268. The first-order chi connectivity index (χ1) is 7.36. The number of rotatable bonds is 8. The second-order valence-electron chi connectivity index (χ2n) is 2.93. The van der Waals surface area contributed by atoms with Crippen LogP contribution in [0.2, 0.25) is 0 Å². The zero-order valence-electron chi connectivity index (χ0n) is 8.87. The summed E-state index contributed by atoms with van der Waals surface area (Å²) < 4.78 is 10.5. The molecule has 0 aromatic carbocycles. The van der Waals surface area contributed by atoms with Crippen molar-refractivity contribution in [3.63, 3.8) is 0 Å². The molecule has 0 aliphatic carbocycles. The normalized spacial score (nSPS) is 10.8. The fourth-order valence-electron chi connectivity index (χ4n) is 1.05. The third-order valence-corrected chi connectivity index (χ3v) is 3.00. The van der Waals surface area contributed by atoms with Crippen LogP contribution in [0.25, 0.3) is 0 Å². The summed E-state index contributed by atoms with van der Waals surface area (Å²) >= 11 is 7.29. The first kappa shape index (κ1) is 12.9. The Hall–Kier alpha value is -0.160. The van der Waals surface area contributed by atoms with E-state index in [9.17, 15) is 0 Å². The van der Waals surface area contributed by atoms with Crippen LogP contribution >= 0.6 is 22.9 Å². The van der Waals surface area contributed by atoms with Gasteiger partial charge in [0, 0.05) is 18.4 Å². The molecule has 1 heterocycles. The van der Waals surface area contributed by atoms with Gasteiger partial charge in [-0.2, -0.15) is 0 Å². The lowest BCUT2D eigenvalue weighted by Crippen LogP contribution is -2.06. The van der Waals surface area contributed by atoms with Crippen LogP contribution < -0.4 is 0 Å². The van der Waals surface area contributed by atoms with Crippen molar-refractivity contribution in [3.8, 4) is 0 Å².